The highest BCUT2D eigenvalue weighted by atomic mass is 127. The molecule has 0 aliphatic heterocycles. The molecule has 4 aromatic rings. The van der Waals surface area contributed by atoms with Gasteiger partial charge < -0.3 is 9.47 Å². The van der Waals surface area contributed by atoms with Crippen molar-refractivity contribution in [3.05, 3.63) is 82.1 Å². The lowest BCUT2D eigenvalue weighted by Crippen LogP contribution is -1.89. The largest absolute Gasteiger partial charge is 0.436 e. The van der Waals surface area contributed by atoms with Crippen LogP contribution in [-0.2, 0) is 0 Å². The van der Waals surface area contributed by atoms with Gasteiger partial charge in [0.25, 0.3) is 0 Å². The molecule has 4 heterocycles. The fourth-order valence-corrected chi connectivity index (χ4v) is 2.32. The van der Waals surface area contributed by atoms with Crippen molar-refractivity contribution in [3.8, 4) is 23.3 Å². The van der Waals surface area contributed by atoms with E-state index in [1.54, 1.807) is 49.3 Å². The van der Waals surface area contributed by atoms with Gasteiger partial charge in [-0.2, -0.15) is 0 Å². The molecule has 4 rings (SSSR count). The summed E-state index contributed by atoms with van der Waals surface area (Å²) in [6.45, 7) is 0. The van der Waals surface area contributed by atoms with E-state index >= 15 is 0 Å². The van der Waals surface area contributed by atoms with Crippen LogP contribution in [0.5, 0.6) is 23.3 Å². The zero-order valence-corrected chi connectivity index (χ0v) is 17.9. The molecule has 0 aliphatic rings. The van der Waals surface area contributed by atoms with Crippen molar-refractivity contribution >= 4 is 38.5 Å². The highest BCUT2D eigenvalue weighted by Crippen LogP contribution is 2.18. The van der Waals surface area contributed by atoms with Crippen LogP contribution in [-0.4, -0.2) is 29.9 Å². The molecule has 0 radical (unpaired) electrons. The first-order valence-corrected chi connectivity index (χ1v) is 9.65. The van der Waals surface area contributed by atoms with Crippen LogP contribution >= 0.6 is 38.5 Å². The van der Waals surface area contributed by atoms with Gasteiger partial charge in [0.05, 0.1) is 24.8 Å². The smallest absolute Gasteiger partial charge is 0.219 e. The Balaban J connectivity index is 0.000000161. The predicted octanol–water partition coefficient (Wildman–Crippen LogP) is 4.69. The van der Waals surface area contributed by atoms with Crippen LogP contribution in [0, 0.1) is 3.57 Å². The first kappa shape index (κ1) is 20.0. The van der Waals surface area contributed by atoms with E-state index in [4.69, 9.17) is 9.47 Å². The van der Waals surface area contributed by atoms with E-state index in [-0.39, 0.29) is 0 Å². The SMILES string of the molecule is Brc1ccc(Oc2cncnc2)nc1.Ic1ccc(Oc2cncnc2)nc1. The van der Waals surface area contributed by atoms with Crippen LogP contribution in [0.3, 0.4) is 0 Å². The third-order valence-electron chi connectivity index (χ3n) is 2.92. The molecule has 0 amide bonds. The Labute approximate surface area is 182 Å². The number of rotatable bonds is 4. The maximum absolute atomic E-state index is 5.39. The molecule has 0 fully saturated rings. The summed E-state index contributed by atoms with van der Waals surface area (Å²) in [5, 5.41) is 0. The van der Waals surface area contributed by atoms with Crippen molar-refractivity contribution in [2.75, 3.05) is 0 Å². The molecule has 0 saturated carbocycles. The van der Waals surface area contributed by atoms with Gasteiger partial charge in [0.15, 0.2) is 11.5 Å². The molecule has 0 N–H and O–H groups in total. The Hall–Kier alpha value is -2.73. The summed E-state index contributed by atoms with van der Waals surface area (Å²) in [7, 11) is 0. The highest BCUT2D eigenvalue weighted by Gasteiger charge is 1.98. The normalized spacial score (nSPS) is 9.79. The van der Waals surface area contributed by atoms with E-state index in [2.05, 4.69) is 68.4 Å². The molecule has 0 atom stereocenters. The fraction of sp³-hybridized carbons (Fsp3) is 0. The van der Waals surface area contributed by atoms with Crippen molar-refractivity contribution in [2.45, 2.75) is 0 Å². The lowest BCUT2D eigenvalue weighted by molar-refractivity contribution is 0.457. The number of pyridine rings is 2. The predicted molar refractivity (Wildman–Crippen MR) is 113 cm³/mol. The number of aromatic nitrogens is 6. The van der Waals surface area contributed by atoms with Crippen LogP contribution in [0.25, 0.3) is 0 Å². The molecule has 0 spiro atoms. The number of halogens is 2. The van der Waals surface area contributed by atoms with Crippen LogP contribution in [0.2, 0.25) is 0 Å². The molecule has 140 valence electrons. The van der Waals surface area contributed by atoms with Gasteiger partial charge in [-0.3, -0.25) is 0 Å². The van der Waals surface area contributed by atoms with Crippen LogP contribution < -0.4 is 9.47 Å². The Morgan fingerprint density at radius 3 is 1.57 bits per heavy atom. The van der Waals surface area contributed by atoms with Gasteiger partial charge in [0, 0.05) is 32.6 Å². The van der Waals surface area contributed by atoms with E-state index in [1.807, 2.05) is 12.1 Å². The number of hydrogen-bond donors (Lipinski definition) is 0. The topological polar surface area (TPSA) is 95.8 Å². The van der Waals surface area contributed by atoms with Gasteiger partial charge in [-0.1, -0.05) is 0 Å². The van der Waals surface area contributed by atoms with Gasteiger partial charge in [-0.25, -0.2) is 29.9 Å². The first-order chi connectivity index (χ1) is 13.7. The lowest BCUT2D eigenvalue weighted by Gasteiger charge is -2.02. The second-order valence-electron chi connectivity index (χ2n) is 4.98. The van der Waals surface area contributed by atoms with E-state index in [0.717, 1.165) is 8.04 Å². The minimum absolute atomic E-state index is 0.517. The molecule has 0 aliphatic carbocycles. The third-order valence-corrected chi connectivity index (χ3v) is 4.03. The van der Waals surface area contributed by atoms with E-state index < -0.39 is 0 Å². The van der Waals surface area contributed by atoms with Crippen LogP contribution in [0.1, 0.15) is 0 Å². The molecule has 0 bridgehead atoms. The third kappa shape index (κ3) is 6.78. The minimum atomic E-state index is 0.517. The van der Waals surface area contributed by atoms with Gasteiger partial charge >= 0.3 is 0 Å². The summed E-state index contributed by atoms with van der Waals surface area (Å²) in [6.07, 6.45) is 12.6. The number of hydrogen-bond acceptors (Lipinski definition) is 8. The summed E-state index contributed by atoms with van der Waals surface area (Å²) < 4.78 is 12.8. The average Bonchev–Trinajstić information content (AvgIpc) is 2.74. The minimum Gasteiger partial charge on any atom is -0.436 e. The van der Waals surface area contributed by atoms with Crippen molar-refractivity contribution in [2.24, 2.45) is 0 Å². The van der Waals surface area contributed by atoms with Crippen molar-refractivity contribution < 1.29 is 9.47 Å². The van der Waals surface area contributed by atoms with E-state index in [9.17, 15) is 0 Å². The maximum atomic E-state index is 5.39. The molecular formula is C18H12BrIN6O2. The summed E-state index contributed by atoms with van der Waals surface area (Å²) in [6, 6.07) is 7.34. The molecule has 10 heteroatoms. The Morgan fingerprint density at radius 1 is 0.643 bits per heavy atom. The van der Waals surface area contributed by atoms with Crippen LogP contribution in [0.15, 0.2) is 78.6 Å². The number of nitrogens with zero attached hydrogens (tertiary/aromatic N) is 6. The van der Waals surface area contributed by atoms with Gasteiger partial charge in [-0.15, -0.1) is 0 Å². The molecule has 28 heavy (non-hydrogen) atoms. The summed E-state index contributed by atoms with van der Waals surface area (Å²) >= 11 is 5.47. The molecule has 0 saturated heterocycles. The summed E-state index contributed by atoms with van der Waals surface area (Å²) in [4.78, 5) is 23.5. The lowest BCUT2D eigenvalue weighted by atomic mass is 10.5. The first-order valence-electron chi connectivity index (χ1n) is 7.78. The molecular weight excluding hydrogens is 539 g/mol. The maximum Gasteiger partial charge on any atom is 0.219 e. The molecule has 0 unspecified atom stereocenters. The van der Waals surface area contributed by atoms with Crippen molar-refractivity contribution in [1.29, 1.82) is 0 Å². The van der Waals surface area contributed by atoms with Crippen molar-refractivity contribution in [1.82, 2.24) is 29.9 Å². The standard InChI is InChI=1S/C9H6BrN3O.C9H6IN3O/c2*10-7-1-2-9(13-3-7)14-8-4-11-6-12-5-8/h2*1-6H. The van der Waals surface area contributed by atoms with E-state index in [1.165, 1.54) is 12.7 Å². The second-order valence-corrected chi connectivity index (χ2v) is 7.14. The zero-order valence-electron chi connectivity index (χ0n) is 14.2. The monoisotopic (exact) mass is 550 g/mol. The second kappa shape index (κ2) is 10.6. The molecule has 8 nitrogen and oxygen atoms in total. The van der Waals surface area contributed by atoms with Crippen molar-refractivity contribution in [3.63, 3.8) is 0 Å². The number of ether oxygens (including phenoxy) is 2. The van der Waals surface area contributed by atoms with Gasteiger partial charge in [-0.05, 0) is 50.7 Å². The van der Waals surface area contributed by atoms with Gasteiger partial charge in [0.1, 0.15) is 12.7 Å². The fourth-order valence-electron chi connectivity index (χ4n) is 1.76. The average molecular weight is 551 g/mol. The Kier molecular flexibility index (Phi) is 7.55. The summed E-state index contributed by atoms with van der Waals surface area (Å²) in [5.74, 6) is 2.21. The Morgan fingerprint density at radius 2 is 1.14 bits per heavy atom. The molecule has 0 aromatic carbocycles. The van der Waals surface area contributed by atoms with Crippen LogP contribution in [0.4, 0.5) is 0 Å². The van der Waals surface area contributed by atoms with E-state index in [0.29, 0.717) is 23.3 Å². The zero-order chi connectivity index (χ0) is 19.6. The quantitative estimate of drug-likeness (QED) is 0.337. The van der Waals surface area contributed by atoms with Gasteiger partial charge in [0.2, 0.25) is 11.8 Å². The highest BCUT2D eigenvalue weighted by molar-refractivity contribution is 14.1. The Bertz CT molecular complexity index is 893. The summed E-state index contributed by atoms with van der Waals surface area (Å²) in [5.41, 5.74) is 0. The molecule has 4 aromatic heterocycles.